The van der Waals surface area contributed by atoms with E-state index in [1.165, 1.54) is 6.17 Å². The number of hydrogen-bond donors (Lipinski definition) is 0. The fourth-order valence-electron chi connectivity index (χ4n) is 1.20. The van der Waals surface area contributed by atoms with Crippen molar-refractivity contribution in [3.05, 3.63) is 12.7 Å². The summed E-state index contributed by atoms with van der Waals surface area (Å²) in [5.41, 5.74) is 0. The topological polar surface area (TPSA) is 12.5 Å². The minimum atomic E-state index is -0.997. The summed E-state index contributed by atoms with van der Waals surface area (Å²) in [6, 6.07) is 0. The molecule has 2 nitrogen and oxygen atoms in total. The van der Waals surface area contributed by atoms with E-state index in [0.717, 1.165) is 13.3 Å². The molecule has 0 aromatic rings. The summed E-state index contributed by atoms with van der Waals surface area (Å²) in [4.78, 5) is 2.29. The van der Waals surface area contributed by atoms with Gasteiger partial charge in [-0.1, -0.05) is 25.7 Å². The predicted molar refractivity (Wildman–Crippen MR) is 57.0 cm³/mol. The lowest BCUT2D eigenvalue weighted by Crippen LogP contribution is -2.41. The highest BCUT2D eigenvalue weighted by molar-refractivity contribution is 6.76. The Hall–Kier alpha value is -0.123. The molecule has 0 amide bonds. The molecule has 0 saturated heterocycles. The second kappa shape index (κ2) is 5.51. The van der Waals surface area contributed by atoms with Crippen LogP contribution >= 0.6 is 0 Å². The average Bonchev–Trinajstić information content (AvgIpc) is 1.84. The van der Waals surface area contributed by atoms with Crippen molar-refractivity contribution in [2.75, 3.05) is 26.6 Å². The van der Waals surface area contributed by atoms with Crippen LogP contribution in [0.4, 0.5) is 0 Å². The minimum absolute atomic E-state index is 0.719. The number of hydrogen-bond acceptors (Lipinski definition) is 2. The van der Waals surface area contributed by atoms with Crippen LogP contribution in [-0.4, -0.2) is 39.5 Å². The van der Waals surface area contributed by atoms with Crippen molar-refractivity contribution in [2.45, 2.75) is 19.6 Å². The molecule has 0 aromatic carbocycles. The fourth-order valence-corrected chi connectivity index (χ4v) is 2.76. The van der Waals surface area contributed by atoms with Crippen LogP contribution in [0.5, 0.6) is 0 Å². The Balaban J connectivity index is 3.85. The first kappa shape index (κ1) is 11.9. The monoisotopic (exact) mass is 187 g/mol. The average molecular weight is 187 g/mol. The quantitative estimate of drug-likeness (QED) is 0.358. The highest BCUT2D eigenvalue weighted by Crippen LogP contribution is 2.03. The Morgan fingerprint density at radius 1 is 1.42 bits per heavy atom. The van der Waals surface area contributed by atoms with Crippen molar-refractivity contribution in [3.63, 3.8) is 0 Å². The first-order valence-electron chi connectivity index (χ1n) is 4.32. The van der Waals surface area contributed by atoms with Crippen LogP contribution in [0.2, 0.25) is 19.6 Å². The molecular formula is C9H21NOSi. The fraction of sp³-hybridized carbons (Fsp3) is 0.778. The molecule has 0 aromatic heterocycles. The van der Waals surface area contributed by atoms with Gasteiger partial charge in [0, 0.05) is 13.7 Å². The molecule has 0 fully saturated rings. The van der Waals surface area contributed by atoms with Gasteiger partial charge in [0.2, 0.25) is 0 Å². The van der Waals surface area contributed by atoms with E-state index in [-0.39, 0.29) is 0 Å². The van der Waals surface area contributed by atoms with Gasteiger partial charge in [-0.05, 0) is 6.17 Å². The van der Waals surface area contributed by atoms with Crippen LogP contribution in [0.1, 0.15) is 0 Å². The van der Waals surface area contributed by atoms with Crippen LogP contribution in [0, 0.1) is 0 Å². The van der Waals surface area contributed by atoms with Crippen LogP contribution in [0.25, 0.3) is 0 Å². The van der Waals surface area contributed by atoms with Crippen molar-refractivity contribution in [2.24, 2.45) is 0 Å². The Bertz CT molecular complexity index is 131. The van der Waals surface area contributed by atoms with Gasteiger partial charge in [0.05, 0.1) is 14.8 Å². The lowest BCUT2D eigenvalue weighted by atomic mass is 10.6. The second-order valence-electron chi connectivity index (χ2n) is 4.28. The number of rotatable bonds is 6. The largest absolute Gasteiger partial charge is 0.369 e. The molecule has 12 heavy (non-hydrogen) atoms. The zero-order valence-electron chi connectivity index (χ0n) is 8.76. The first-order chi connectivity index (χ1) is 5.49. The van der Waals surface area contributed by atoms with E-state index < -0.39 is 8.07 Å². The predicted octanol–water partition coefficient (Wildman–Crippen LogP) is 1.96. The van der Waals surface area contributed by atoms with Crippen molar-refractivity contribution in [3.8, 4) is 0 Å². The van der Waals surface area contributed by atoms with Gasteiger partial charge < -0.3 is 4.74 Å². The van der Waals surface area contributed by atoms with E-state index in [4.69, 9.17) is 4.74 Å². The van der Waals surface area contributed by atoms with Crippen molar-refractivity contribution >= 4 is 8.07 Å². The lowest BCUT2D eigenvalue weighted by molar-refractivity contribution is 0.0828. The maximum atomic E-state index is 5.10. The smallest absolute Gasteiger partial charge is 0.0986 e. The number of methoxy groups -OCH3 is 1. The Labute approximate surface area is 77.2 Å². The molecule has 0 unspecified atom stereocenters. The van der Waals surface area contributed by atoms with Gasteiger partial charge in [-0.3, -0.25) is 4.90 Å². The highest BCUT2D eigenvalue weighted by Gasteiger charge is 2.16. The molecule has 72 valence electrons. The Morgan fingerprint density at radius 3 is 2.33 bits per heavy atom. The second-order valence-corrected chi connectivity index (χ2v) is 9.72. The van der Waals surface area contributed by atoms with Gasteiger partial charge in [-0.2, -0.15) is 0 Å². The van der Waals surface area contributed by atoms with Gasteiger partial charge in [-0.25, -0.2) is 0 Å². The molecule has 3 heteroatoms. The SMILES string of the molecule is C=CCN(COC)C[Si](C)(C)C. The van der Waals surface area contributed by atoms with E-state index in [1.54, 1.807) is 7.11 Å². The molecule has 0 heterocycles. The first-order valence-corrected chi connectivity index (χ1v) is 8.02. The molecule has 0 saturated carbocycles. The van der Waals surface area contributed by atoms with Gasteiger partial charge in [-0.15, -0.1) is 6.58 Å². The third kappa shape index (κ3) is 6.58. The summed E-state index contributed by atoms with van der Waals surface area (Å²) in [6.07, 6.45) is 3.10. The molecule has 0 atom stereocenters. The molecule has 0 bridgehead atoms. The van der Waals surface area contributed by atoms with E-state index in [0.29, 0.717) is 0 Å². The number of ether oxygens (including phenoxy) is 1. The van der Waals surface area contributed by atoms with E-state index in [1.807, 2.05) is 6.08 Å². The van der Waals surface area contributed by atoms with E-state index in [9.17, 15) is 0 Å². The van der Waals surface area contributed by atoms with Crippen LogP contribution in [0.15, 0.2) is 12.7 Å². The zero-order chi connectivity index (χ0) is 9.61. The van der Waals surface area contributed by atoms with Crippen molar-refractivity contribution in [1.82, 2.24) is 4.90 Å². The normalized spacial score (nSPS) is 12.1. The van der Waals surface area contributed by atoms with Crippen LogP contribution < -0.4 is 0 Å². The molecule has 0 spiro atoms. The molecular weight excluding hydrogens is 166 g/mol. The van der Waals surface area contributed by atoms with Crippen LogP contribution in [-0.2, 0) is 4.74 Å². The van der Waals surface area contributed by atoms with Crippen LogP contribution in [0.3, 0.4) is 0 Å². The third-order valence-electron chi connectivity index (χ3n) is 1.40. The van der Waals surface area contributed by atoms with Gasteiger partial charge >= 0.3 is 0 Å². The molecule has 0 radical (unpaired) electrons. The highest BCUT2D eigenvalue weighted by atomic mass is 28.3. The molecule has 0 aliphatic heterocycles. The molecule has 0 aliphatic carbocycles. The summed E-state index contributed by atoms with van der Waals surface area (Å²) < 4.78 is 5.10. The molecule has 0 rings (SSSR count). The summed E-state index contributed by atoms with van der Waals surface area (Å²) in [5, 5.41) is 0. The third-order valence-corrected chi connectivity index (χ3v) is 2.79. The summed E-state index contributed by atoms with van der Waals surface area (Å²) >= 11 is 0. The van der Waals surface area contributed by atoms with Crippen molar-refractivity contribution in [1.29, 1.82) is 0 Å². The summed E-state index contributed by atoms with van der Waals surface area (Å²) in [6.45, 7) is 12.5. The molecule has 0 N–H and O–H groups in total. The maximum absolute atomic E-state index is 5.10. The Kier molecular flexibility index (Phi) is 5.45. The zero-order valence-corrected chi connectivity index (χ0v) is 9.76. The summed E-state index contributed by atoms with van der Waals surface area (Å²) in [7, 11) is 0.740. The van der Waals surface area contributed by atoms with Gasteiger partial charge in [0.1, 0.15) is 0 Å². The lowest BCUT2D eigenvalue weighted by Gasteiger charge is -2.26. The summed E-state index contributed by atoms with van der Waals surface area (Å²) in [5.74, 6) is 0. The molecule has 0 aliphatic rings. The maximum Gasteiger partial charge on any atom is 0.0986 e. The van der Waals surface area contributed by atoms with E-state index in [2.05, 4.69) is 31.1 Å². The standard InChI is InChI=1S/C9H21NOSi/c1-6-7-10(8-11-2)9-12(3,4)5/h6H,1,7-9H2,2-5H3. The van der Waals surface area contributed by atoms with Crippen molar-refractivity contribution < 1.29 is 4.74 Å². The minimum Gasteiger partial charge on any atom is -0.369 e. The van der Waals surface area contributed by atoms with Gasteiger partial charge in [0.25, 0.3) is 0 Å². The Morgan fingerprint density at radius 2 is 2.00 bits per heavy atom. The van der Waals surface area contributed by atoms with Gasteiger partial charge in [0.15, 0.2) is 0 Å². The van der Waals surface area contributed by atoms with E-state index >= 15 is 0 Å². The number of nitrogens with zero attached hydrogens (tertiary/aromatic N) is 1.